The van der Waals surface area contributed by atoms with Crippen LogP contribution in [0.25, 0.3) is 0 Å². The van der Waals surface area contributed by atoms with E-state index in [9.17, 15) is 9.59 Å². The summed E-state index contributed by atoms with van der Waals surface area (Å²) in [7, 11) is 3.45. The number of nitrogens with zero attached hydrogens (tertiary/aromatic N) is 2. The number of carbonyl (C=O) groups is 2. The van der Waals surface area contributed by atoms with E-state index < -0.39 is 5.41 Å². The van der Waals surface area contributed by atoms with Crippen LogP contribution in [0.2, 0.25) is 0 Å². The lowest BCUT2D eigenvalue weighted by Gasteiger charge is -2.29. The monoisotopic (exact) mass is 318 g/mol. The fourth-order valence-corrected chi connectivity index (χ4v) is 2.70. The Morgan fingerprint density at radius 3 is 1.26 bits per heavy atom. The molecule has 0 aliphatic rings. The van der Waals surface area contributed by atoms with Crippen LogP contribution in [0.1, 0.15) is 54.4 Å². The highest BCUT2D eigenvalue weighted by molar-refractivity contribution is 6.06. The van der Waals surface area contributed by atoms with Crippen molar-refractivity contribution in [3.05, 3.63) is 23.3 Å². The van der Waals surface area contributed by atoms with E-state index in [0.29, 0.717) is 12.8 Å². The summed E-state index contributed by atoms with van der Waals surface area (Å²) in [5, 5.41) is 0. The van der Waals surface area contributed by atoms with Crippen LogP contribution in [0.15, 0.2) is 33.3 Å². The summed E-state index contributed by atoms with van der Waals surface area (Å²) < 4.78 is 0. The molecule has 0 fully saturated rings. The maximum Gasteiger partial charge on any atom is 0.143 e. The molecule has 0 aromatic carbocycles. The molecule has 0 aromatic heterocycles. The molecule has 0 saturated carbocycles. The molecule has 0 spiro atoms. The molecule has 0 amide bonds. The van der Waals surface area contributed by atoms with Gasteiger partial charge in [0.2, 0.25) is 0 Å². The van der Waals surface area contributed by atoms with Gasteiger partial charge < -0.3 is 0 Å². The molecule has 0 radical (unpaired) electrons. The zero-order chi connectivity index (χ0) is 18.2. The molecule has 0 aliphatic carbocycles. The summed E-state index contributed by atoms with van der Waals surface area (Å²) >= 11 is 0. The Balaban J connectivity index is 5.78. The summed E-state index contributed by atoms with van der Waals surface area (Å²) in [5.74, 6) is -0.189. The molecule has 0 saturated heterocycles. The standard InChI is InChI=1S/C19H30N2O2/c1-13(9-15(3)20-7)11-19(17(5)22,18(6)23)12-14(2)10-16(4)21-8/h9-10H,11-12H2,1-8H3/b13-9+,14-10+,20-15-,21-16-. The second-order valence-corrected chi connectivity index (χ2v) is 6.26. The number of allylic oxidation sites excluding steroid dienone is 4. The topological polar surface area (TPSA) is 58.9 Å². The third-order valence-corrected chi connectivity index (χ3v) is 4.13. The average Bonchev–Trinajstić information content (AvgIpc) is 2.45. The van der Waals surface area contributed by atoms with E-state index in [4.69, 9.17) is 0 Å². The van der Waals surface area contributed by atoms with Crippen LogP contribution in [-0.4, -0.2) is 37.1 Å². The Morgan fingerprint density at radius 2 is 1.04 bits per heavy atom. The van der Waals surface area contributed by atoms with Crippen molar-refractivity contribution in [2.75, 3.05) is 14.1 Å². The van der Waals surface area contributed by atoms with Crippen LogP contribution in [0.4, 0.5) is 0 Å². The minimum absolute atomic E-state index is 0.0947. The van der Waals surface area contributed by atoms with Gasteiger partial charge in [-0.2, -0.15) is 0 Å². The highest BCUT2D eigenvalue weighted by atomic mass is 16.2. The van der Waals surface area contributed by atoms with Crippen molar-refractivity contribution in [2.45, 2.75) is 54.4 Å². The Bertz CT molecular complexity index is 526. The molecule has 0 atom stereocenters. The molecule has 4 nitrogen and oxygen atoms in total. The number of Topliss-reactive ketones (excluding diaryl/α,β-unsaturated/α-hetero) is 2. The second-order valence-electron chi connectivity index (χ2n) is 6.26. The molecule has 128 valence electrons. The molecule has 0 rings (SSSR count). The van der Waals surface area contributed by atoms with Gasteiger partial charge in [0.1, 0.15) is 11.6 Å². The maximum atomic E-state index is 12.4. The van der Waals surface area contributed by atoms with E-state index in [1.807, 2.05) is 39.8 Å². The largest absolute Gasteiger partial charge is 0.299 e. The summed E-state index contributed by atoms with van der Waals surface area (Å²) in [4.78, 5) is 32.9. The van der Waals surface area contributed by atoms with Crippen molar-refractivity contribution in [1.29, 1.82) is 0 Å². The molecule has 0 bridgehead atoms. The van der Waals surface area contributed by atoms with Crippen LogP contribution in [0.5, 0.6) is 0 Å². The van der Waals surface area contributed by atoms with E-state index in [1.54, 1.807) is 14.1 Å². The van der Waals surface area contributed by atoms with Gasteiger partial charge in [-0.25, -0.2) is 0 Å². The van der Waals surface area contributed by atoms with Gasteiger partial charge in [-0.15, -0.1) is 0 Å². The quantitative estimate of drug-likeness (QED) is 0.501. The van der Waals surface area contributed by atoms with E-state index in [-0.39, 0.29) is 11.6 Å². The van der Waals surface area contributed by atoms with Crippen LogP contribution >= 0.6 is 0 Å². The molecular formula is C19H30N2O2. The van der Waals surface area contributed by atoms with E-state index in [2.05, 4.69) is 9.98 Å². The van der Waals surface area contributed by atoms with E-state index >= 15 is 0 Å². The van der Waals surface area contributed by atoms with Gasteiger partial charge in [0, 0.05) is 25.5 Å². The van der Waals surface area contributed by atoms with Crippen molar-refractivity contribution < 1.29 is 9.59 Å². The summed E-state index contributed by atoms with van der Waals surface area (Å²) in [6.45, 7) is 10.7. The first-order chi connectivity index (χ1) is 10.6. The van der Waals surface area contributed by atoms with Gasteiger partial charge in [0.25, 0.3) is 0 Å². The van der Waals surface area contributed by atoms with Crippen LogP contribution in [0, 0.1) is 5.41 Å². The van der Waals surface area contributed by atoms with Crippen molar-refractivity contribution in [1.82, 2.24) is 0 Å². The van der Waals surface area contributed by atoms with E-state index in [0.717, 1.165) is 22.6 Å². The van der Waals surface area contributed by atoms with Gasteiger partial charge in [0.15, 0.2) is 0 Å². The molecule has 0 N–H and O–H groups in total. The SMILES string of the molecule is C/N=C(C)\C=C(/C)CC(C/C(C)=C/C(C)=N\C)(C(C)=O)C(C)=O. The molecule has 0 aliphatic heterocycles. The van der Waals surface area contributed by atoms with Gasteiger partial charge in [-0.3, -0.25) is 19.6 Å². The lowest BCUT2D eigenvalue weighted by atomic mass is 9.71. The summed E-state index contributed by atoms with van der Waals surface area (Å²) in [6.07, 6.45) is 4.69. The normalized spacial score (nSPS) is 15.0. The Hall–Kier alpha value is -1.84. The van der Waals surface area contributed by atoms with Gasteiger partial charge >= 0.3 is 0 Å². The van der Waals surface area contributed by atoms with Crippen LogP contribution in [-0.2, 0) is 9.59 Å². The molecule has 4 heteroatoms. The van der Waals surface area contributed by atoms with E-state index in [1.165, 1.54) is 13.8 Å². The first kappa shape index (κ1) is 21.2. The highest BCUT2D eigenvalue weighted by Gasteiger charge is 2.40. The predicted molar refractivity (Wildman–Crippen MR) is 98.6 cm³/mol. The van der Waals surface area contributed by atoms with Crippen LogP contribution in [0.3, 0.4) is 0 Å². The number of hydrogen-bond acceptors (Lipinski definition) is 4. The van der Waals surface area contributed by atoms with Crippen LogP contribution < -0.4 is 0 Å². The summed E-state index contributed by atoms with van der Waals surface area (Å²) in [6, 6.07) is 0. The predicted octanol–water partition coefficient (Wildman–Crippen LogP) is 4.01. The molecule has 0 unspecified atom stereocenters. The third-order valence-electron chi connectivity index (χ3n) is 4.13. The molecule has 0 heterocycles. The molecular weight excluding hydrogens is 288 g/mol. The Morgan fingerprint density at radius 1 is 0.739 bits per heavy atom. The number of carbonyl (C=O) groups excluding carboxylic acids is 2. The summed E-state index contributed by atoms with van der Waals surface area (Å²) in [5.41, 5.74) is 2.71. The fourth-order valence-electron chi connectivity index (χ4n) is 2.70. The first-order valence-electron chi connectivity index (χ1n) is 7.82. The Labute approximate surface area is 140 Å². The van der Waals surface area contributed by atoms with Crippen molar-refractivity contribution >= 4 is 23.0 Å². The van der Waals surface area contributed by atoms with Gasteiger partial charge in [-0.1, -0.05) is 11.1 Å². The maximum absolute atomic E-state index is 12.4. The van der Waals surface area contributed by atoms with Gasteiger partial charge in [0.05, 0.1) is 5.41 Å². The number of hydrogen-bond donors (Lipinski definition) is 0. The minimum Gasteiger partial charge on any atom is -0.299 e. The highest BCUT2D eigenvalue weighted by Crippen LogP contribution is 2.35. The molecule has 0 aromatic rings. The Kier molecular flexibility index (Phi) is 8.59. The zero-order valence-corrected chi connectivity index (χ0v) is 15.8. The van der Waals surface area contributed by atoms with Crippen molar-refractivity contribution in [3.8, 4) is 0 Å². The number of aliphatic imine (C=N–C) groups is 2. The first-order valence-corrected chi connectivity index (χ1v) is 7.82. The smallest absolute Gasteiger partial charge is 0.143 e. The molecule has 23 heavy (non-hydrogen) atoms. The second kappa shape index (κ2) is 9.33. The van der Waals surface area contributed by atoms with Crippen molar-refractivity contribution in [3.63, 3.8) is 0 Å². The lowest BCUT2D eigenvalue weighted by molar-refractivity contribution is -0.138. The zero-order valence-electron chi connectivity index (χ0n) is 15.8. The number of rotatable bonds is 8. The third kappa shape index (κ3) is 6.43. The average molecular weight is 318 g/mol. The minimum atomic E-state index is -1.01. The lowest BCUT2D eigenvalue weighted by Crippen LogP contribution is -2.37. The van der Waals surface area contributed by atoms with Gasteiger partial charge in [-0.05, 0) is 66.5 Å². The number of ketones is 2. The fraction of sp³-hybridized carbons (Fsp3) is 0.579. The van der Waals surface area contributed by atoms with Crippen molar-refractivity contribution in [2.24, 2.45) is 15.4 Å².